The number of anilines is 1. The maximum absolute atomic E-state index is 9.14. The number of benzene rings is 1. The Kier molecular flexibility index (Phi) is 2.53. The zero-order valence-corrected chi connectivity index (χ0v) is 11.3. The monoisotopic (exact) mass is 254 g/mol. The van der Waals surface area contributed by atoms with E-state index in [-0.39, 0.29) is 0 Å². The lowest BCUT2D eigenvalue weighted by atomic mass is 9.92. The predicted molar refractivity (Wildman–Crippen MR) is 75.5 cm³/mol. The molecule has 2 N–H and O–H groups in total. The Morgan fingerprint density at radius 2 is 2.26 bits per heavy atom. The molecule has 4 nitrogen and oxygen atoms in total. The minimum Gasteiger partial charge on any atom is -0.369 e. The van der Waals surface area contributed by atoms with E-state index in [1.54, 1.807) is 6.07 Å². The molecule has 0 spiro atoms. The second kappa shape index (κ2) is 3.99. The van der Waals surface area contributed by atoms with Gasteiger partial charge >= 0.3 is 0 Å². The van der Waals surface area contributed by atoms with Crippen LogP contribution in [-0.4, -0.2) is 9.55 Å². The molecule has 0 saturated heterocycles. The number of hydrogen-bond donors (Lipinski definition) is 1. The van der Waals surface area contributed by atoms with Crippen LogP contribution in [0.1, 0.15) is 44.7 Å². The van der Waals surface area contributed by atoms with Crippen molar-refractivity contribution in [2.24, 2.45) is 5.41 Å². The van der Waals surface area contributed by atoms with Crippen LogP contribution in [0.25, 0.3) is 11.0 Å². The molecule has 2 aromatic rings. The van der Waals surface area contributed by atoms with E-state index >= 15 is 0 Å². The minimum atomic E-state index is 0.362. The first-order chi connectivity index (χ1) is 9.02. The van der Waals surface area contributed by atoms with Crippen LogP contribution in [0.15, 0.2) is 18.2 Å². The smallest absolute Gasteiger partial charge is 0.201 e. The van der Waals surface area contributed by atoms with Crippen molar-refractivity contribution in [2.45, 2.75) is 39.2 Å². The van der Waals surface area contributed by atoms with Gasteiger partial charge in [-0.3, -0.25) is 0 Å². The summed E-state index contributed by atoms with van der Waals surface area (Å²) < 4.78 is 2.12. The maximum atomic E-state index is 9.14. The standard InChI is InChI=1S/C15H18N4/c1-15(2)7-6-11(8-15)19-12-5-3-4-10(9-16)13(12)18-14(19)17/h3-5,11H,6-8H2,1-2H3,(H2,17,18). The lowest BCUT2D eigenvalue weighted by molar-refractivity contribution is 0.361. The normalized spacial score (nSPS) is 21.6. The summed E-state index contributed by atoms with van der Waals surface area (Å²) in [4.78, 5) is 4.39. The molecule has 4 heteroatoms. The molecular formula is C15H18N4. The van der Waals surface area contributed by atoms with Crippen molar-refractivity contribution < 1.29 is 0 Å². The average Bonchev–Trinajstić information content (AvgIpc) is 2.87. The first-order valence-corrected chi connectivity index (χ1v) is 6.68. The van der Waals surface area contributed by atoms with E-state index in [4.69, 9.17) is 11.0 Å². The Bertz CT molecular complexity index is 675. The van der Waals surface area contributed by atoms with Crippen LogP contribution in [-0.2, 0) is 0 Å². The molecule has 1 fully saturated rings. The van der Waals surface area contributed by atoms with Crippen molar-refractivity contribution in [1.29, 1.82) is 5.26 Å². The Morgan fingerprint density at radius 3 is 2.89 bits per heavy atom. The van der Waals surface area contributed by atoms with Crippen molar-refractivity contribution in [3.05, 3.63) is 23.8 Å². The van der Waals surface area contributed by atoms with Crippen molar-refractivity contribution in [2.75, 3.05) is 5.73 Å². The molecule has 98 valence electrons. The lowest BCUT2D eigenvalue weighted by Gasteiger charge is -2.19. The first kappa shape index (κ1) is 12.0. The summed E-state index contributed by atoms with van der Waals surface area (Å²) in [5, 5.41) is 9.14. The molecule has 1 saturated carbocycles. The summed E-state index contributed by atoms with van der Waals surface area (Å²) in [5.74, 6) is 0.528. The number of nitrogens with zero attached hydrogens (tertiary/aromatic N) is 3. The number of hydrogen-bond acceptors (Lipinski definition) is 3. The van der Waals surface area contributed by atoms with E-state index in [0.717, 1.165) is 23.9 Å². The number of aromatic nitrogens is 2. The second-order valence-electron chi connectivity index (χ2n) is 6.19. The predicted octanol–water partition coefficient (Wildman–Crippen LogP) is 3.24. The van der Waals surface area contributed by atoms with E-state index in [1.807, 2.05) is 12.1 Å². The molecule has 3 rings (SSSR count). The van der Waals surface area contributed by atoms with Crippen LogP contribution < -0.4 is 5.73 Å². The Morgan fingerprint density at radius 1 is 1.47 bits per heavy atom. The van der Waals surface area contributed by atoms with Gasteiger partial charge in [0.2, 0.25) is 5.95 Å². The molecule has 1 unspecified atom stereocenters. The van der Waals surface area contributed by atoms with Gasteiger partial charge in [0.15, 0.2) is 0 Å². The summed E-state index contributed by atoms with van der Waals surface area (Å²) in [6, 6.07) is 8.28. The van der Waals surface area contributed by atoms with Crippen molar-refractivity contribution in [1.82, 2.24) is 9.55 Å². The van der Waals surface area contributed by atoms with Gasteiger partial charge < -0.3 is 10.3 Å². The molecule has 0 aliphatic heterocycles. The van der Waals surface area contributed by atoms with Crippen LogP contribution in [0.4, 0.5) is 5.95 Å². The fraction of sp³-hybridized carbons (Fsp3) is 0.467. The minimum absolute atomic E-state index is 0.362. The first-order valence-electron chi connectivity index (χ1n) is 6.68. The van der Waals surface area contributed by atoms with E-state index in [9.17, 15) is 0 Å². The highest BCUT2D eigenvalue weighted by molar-refractivity contribution is 5.84. The molecule has 1 aromatic heterocycles. The number of para-hydroxylation sites is 1. The Hall–Kier alpha value is -2.02. The van der Waals surface area contributed by atoms with E-state index in [2.05, 4.69) is 29.5 Å². The van der Waals surface area contributed by atoms with Crippen LogP contribution in [0.3, 0.4) is 0 Å². The van der Waals surface area contributed by atoms with E-state index in [0.29, 0.717) is 23.0 Å². The van der Waals surface area contributed by atoms with Crippen molar-refractivity contribution in [3.63, 3.8) is 0 Å². The van der Waals surface area contributed by atoms with Gasteiger partial charge in [-0.15, -0.1) is 0 Å². The molecule has 19 heavy (non-hydrogen) atoms. The molecule has 0 radical (unpaired) electrons. The zero-order chi connectivity index (χ0) is 13.6. The highest BCUT2D eigenvalue weighted by Gasteiger charge is 2.33. The maximum Gasteiger partial charge on any atom is 0.201 e. The van der Waals surface area contributed by atoms with Gasteiger partial charge in [-0.25, -0.2) is 4.98 Å². The largest absolute Gasteiger partial charge is 0.369 e. The topological polar surface area (TPSA) is 67.6 Å². The summed E-state index contributed by atoms with van der Waals surface area (Å²) in [6.45, 7) is 4.59. The summed E-state index contributed by atoms with van der Waals surface area (Å²) in [6.07, 6.45) is 3.44. The molecule has 0 amide bonds. The average molecular weight is 254 g/mol. The number of fused-ring (bicyclic) bond motifs is 1. The third kappa shape index (κ3) is 1.86. The van der Waals surface area contributed by atoms with Crippen LogP contribution >= 0.6 is 0 Å². The third-order valence-corrected chi connectivity index (χ3v) is 4.18. The third-order valence-electron chi connectivity index (χ3n) is 4.18. The summed E-state index contributed by atoms with van der Waals surface area (Å²) in [5.41, 5.74) is 8.76. The molecular weight excluding hydrogens is 236 g/mol. The zero-order valence-electron chi connectivity index (χ0n) is 11.3. The lowest BCUT2D eigenvalue weighted by Crippen LogP contribution is -2.11. The molecule has 1 atom stereocenters. The van der Waals surface area contributed by atoms with Crippen molar-refractivity contribution in [3.8, 4) is 6.07 Å². The fourth-order valence-corrected chi connectivity index (χ4v) is 3.23. The van der Waals surface area contributed by atoms with Gasteiger partial charge in [0.25, 0.3) is 0 Å². The molecule has 1 aliphatic carbocycles. The van der Waals surface area contributed by atoms with Gasteiger partial charge in [0, 0.05) is 6.04 Å². The second-order valence-corrected chi connectivity index (χ2v) is 6.19. The quantitative estimate of drug-likeness (QED) is 0.849. The summed E-state index contributed by atoms with van der Waals surface area (Å²) >= 11 is 0. The van der Waals surface area contributed by atoms with Gasteiger partial charge in [-0.05, 0) is 36.8 Å². The number of nitrogen functional groups attached to an aromatic ring is 1. The number of rotatable bonds is 1. The van der Waals surface area contributed by atoms with Crippen molar-refractivity contribution >= 4 is 17.0 Å². The number of nitriles is 1. The molecule has 1 aromatic carbocycles. The number of imidazole rings is 1. The highest BCUT2D eigenvalue weighted by atomic mass is 15.2. The number of nitrogens with two attached hydrogens (primary N) is 1. The van der Waals surface area contributed by atoms with Crippen LogP contribution in [0.2, 0.25) is 0 Å². The molecule has 1 heterocycles. The molecule has 0 bridgehead atoms. The van der Waals surface area contributed by atoms with E-state index in [1.165, 1.54) is 6.42 Å². The highest BCUT2D eigenvalue weighted by Crippen LogP contribution is 2.45. The van der Waals surface area contributed by atoms with Gasteiger partial charge in [-0.1, -0.05) is 19.9 Å². The van der Waals surface area contributed by atoms with Crippen LogP contribution in [0, 0.1) is 16.7 Å². The molecule has 1 aliphatic rings. The Balaban J connectivity index is 2.15. The summed E-state index contributed by atoms with van der Waals surface area (Å²) in [7, 11) is 0. The van der Waals surface area contributed by atoms with E-state index < -0.39 is 0 Å². The van der Waals surface area contributed by atoms with Crippen LogP contribution in [0.5, 0.6) is 0 Å². The van der Waals surface area contributed by atoms with Gasteiger partial charge in [-0.2, -0.15) is 5.26 Å². The Labute approximate surface area is 112 Å². The fourth-order valence-electron chi connectivity index (χ4n) is 3.23. The SMILES string of the molecule is CC1(C)CCC(n2c(N)nc3c(C#N)cccc32)C1. The van der Waals surface area contributed by atoms with Gasteiger partial charge in [0.1, 0.15) is 11.6 Å². The van der Waals surface area contributed by atoms with Gasteiger partial charge in [0.05, 0.1) is 11.1 Å².